The van der Waals surface area contributed by atoms with Crippen LogP contribution in [0.3, 0.4) is 0 Å². The van der Waals surface area contributed by atoms with Crippen molar-refractivity contribution in [3.8, 4) is 0 Å². The highest BCUT2D eigenvalue weighted by Crippen LogP contribution is 2.25. The second-order valence-corrected chi connectivity index (χ2v) is 5.39. The molecule has 0 fully saturated rings. The molecule has 0 N–H and O–H groups in total. The van der Waals surface area contributed by atoms with Gasteiger partial charge in [-0.2, -0.15) is 0 Å². The number of nitrogens with zero attached hydrogens (tertiary/aromatic N) is 1. The highest BCUT2D eigenvalue weighted by Gasteiger charge is 2.15. The van der Waals surface area contributed by atoms with Gasteiger partial charge in [0.2, 0.25) is 0 Å². The number of hydrogen-bond donors (Lipinski definition) is 0. The van der Waals surface area contributed by atoms with Crippen LogP contribution in [0.4, 0.5) is 0 Å². The first-order valence-corrected chi connectivity index (χ1v) is 6.70. The van der Waals surface area contributed by atoms with E-state index in [2.05, 4.69) is 20.9 Å². The zero-order valence-electron chi connectivity index (χ0n) is 9.16. The van der Waals surface area contributed by atoms with E-state index in [-0.39, 0.29) is 12.2 Å². The maximum atomic E-state index is 12.1. The van der Waals surface area contributed by atoms with Crippen LogP contribution >= 0.6 is 39.1 Å². The number of carbonyl (C=O) groups is 1. The Morgan fingerprint density at radius 2 is 1.83 bits per heavy atom. The number of rotatable bonds is 3. The Labute approximate surface area is 123 Å². The summed E-state index contributed by atoms with van der Waals surface area (Å²) < 4.78 is 0.870. The molecule has 0 radical (unpaired) electrons. The van der Waals surface area contributed by atoms with E-state index < -0.39 is 0 Å². The summed E-state index contributed by atoms with van der Waals surface area (Å²) in [7, 11) is 0. The van der Waals surface area contributed by atoms with Crippen LogP contribution in [0, 0.1) is 0 Å². The van der Waals surface area contributed by atoms with Crippen molar-refractivity contribution in [2.75, 3.05) is 0 Å². The van der Waals surface area contributed by atoms with Gasteiger partial charge in [-0.1, -0.05) is 29.3 Å². The van der Waals surface area contributed by atoms with E-state index in [1.54, 1.807) is 30.5 Å². The fourth-order valence-corrected chi connectivity index (χ4v) is 2.37. The zero-order chi connectivity index (χ0) is 13.1. The molecule has 0 saturated heterocycles. The zero-order valence-corrected chi connectivity index (χ0v) is 12.3. The molecule has 0 amide bonds. The molecule has 1 aromatic heterocycles. The summed E-state index contributed by atoms with van der Waals surface area (Å²) in [5.74, 6) is -0.138. The molecule has 18 heavy (non-hydrogen) atoms. The lowest BCUT2D eigenvalue weighted by molar-refractivity contribution is 0.0992. The topological polar surface area (TPSA) is 30.0 Å². The van der Waals surface area contributed by atoms with Crippen LogP contribution in [-0.4, -0.2) is 10.8 Å². The molecule has 0 aliphatic heterocycles. The van der Waals surface area contributed by atoms with Gasteiger partial charge in [-0.25, -0.2) is 0 Å². The predicted octanol–water partition coefficient (Wildman–Crippen LogP) is 4.58. The number of aromatic nitrogens is 1. The molecule has 0 aliphatic carbocycles. The SMILES string of the molecule is O=C(Cc1ccc(Br)cn1)c1c(Cl)cccc1Cl. The second kappa shape index (κ2) is 5.83. The highest BCUT2D eigenvalue weighted by atomic mass is 79.9. The molecule has 2 aromatic rings. The summed E-state index contributed by atoms with van der Waals surface area (Å²) in [6.45, 7) is 0. The van der Waals surface area contributed by atoms with Gasteiger partial charge in [0.25, 0.3) is 0 Å². The highest BCUT2D eigenvalue weighted by molar-refractivity contribution is 9.10. The van der Waals surface area contributed by atoms with Crippen molar-refractivity contribution in [2.45, 2.75) is 6.42 Å². The van der Waals surface area contributed by atoms with Crippen LogP contribution < -0.4 is 0 Å². The van der Waals surface area contributed by atoms with Gasteiger partial charge in [-0.3, -0.25) is 9.78 Å². The van der Waals surface area contributed by atoms with Crippen molar-refractivity contribution in [3.63, 3.8) is 0 Å². The molecular formula is C13H8BrCl2NO. The van der Waals surface area contributed by atoms with Gasteiger partial charge in [0.05, 0.1) is 22.0 Å². The molecule has 1 aromatic carbocycles. The van der Waals surface area contributed by atoms with Crippen LogP contribution in [-0.2, 0) is 6.42 Å². The number of ketones is 1. The van der Waals surface area contributed by atoms with Crippen LogP contribution in [0.25, 0.3) is 0 Å². The van der Waals surface area contributed by atoms with Gasteiger partial charge in [0.1, 0.15) is 0 Å². The molecule has 0 aliphatic rings. The molecule has 0 unspecified atom stereocenters. The lowest BCUT2D eigenvalue weighted by Gasteiger charge is -2.05. The largest absolute Gasteiger partial charge is 0.294 e. The van der Waals surface area contributed by atoms with E-state index in [0.717, 1.165) is 4.47 Å². The summed E-state index contributed by atoms with van der Waals surface area (Å²) in [6, 6.07) is 8.63. The van der Waals surface area contributed by atoms with E-state index in [4.69, 9.17) is 23.2 Å². The Bertz CT molecular complexity index is 564. The van der Waals surface area contributed by atoms with E-state index in [1.807, 2.05) is 6.07 Å². The lowest BCUT2D eigenvalue weighted by Crippen LogP contribution is -2.06. The molecule has 2 rings (SSSR count). The molecule has 0 saturated carbocycles. The minimum Gasteiger partial charge on any atom is -0.294 e. The third-order valence-corrected chi connectivity index (χ3v) is 3.47. The van der Waals surface area contributed by atoms with Crippen molar-refractivity contribution in [3.05, 3.63) is 62.3 Å². The Morgan fingerprint density at radius 1 is 1.17 bits per heavy atom. The van der Waals surface area contributed by atoms with E-state index in [1.165, 1.54) is 0 Å². The number of benzene rings is 1. The molecule has 1 heterocycles. The Balaban J connectivity index is 2.25. The van der Waals surface area contributed by atoms with Gasteiger partial charge in [-0.05, 0) is 40.2 Å². The quantitative estimate of drug-likeness (QED) is 0.763. The van der Waals surface area contributed by atoms with Crippen LogP contribution in [0.1, 0.15) is 16.1 Å². The Hall–Kier alpha value is -0.900. The fourth-order valence-electron chi connectivity index (χ4n) is 1.53. The number of hydrogen-bond acceptors (Lipinski definition) is 2. The number of Topliss-reactive ketones (excluding diaryl/α,β-unsaturated/α-hetero) is 1. The summed E-state index contributed by atoms with van der Waals surface area (Å²) in [6.07, 6.45) is 1.83. The molecular weight excluding hydrogens is 337 g/mol. The first-order chi connectivity index (χ1) is 8.58. The average molecular weight is 345 g/mol. The summed E-state index contributed by atoms with van der Waals surface area (Å²) >= 11 is 15.3. The van der Waals surface area contributed by atoms with Crippen molar-refractivity contribution in [1.82, 2.24) is 4.98 Å². The Morgan fingerprint density at radius 3 is 2.39 bits per heavy atom. The number of carbonyl (C=O) groups excluding carboxylic acids is 1. The molecule has 0 bridgehead atoms. The standard InChI is InChI=1S/C13H8BrCl2NO/c14-8-4-5-9(17-7-8)6-12(18)13-10(15)2-1-3-11(13)16/h1-5,7H,6H2. The first-order valence-electron chi connectivity index (χ1n) is 5.15. The summed E-state index contributed by atoms with van der Waals surface area (Å²) in [4.78, 5) is 16.3. The normalized spacial score (nSPS) is 10.4. The third-order valence-electron chi connectivity index (χ3n) is 2.37. The lowest BCUT2D eigenvalue weighted by atomic mass is 10.1. The molecule has 0 atom stereocenters. The van der Waals surface area contributed by atoms with Gasteiger partial charge in [0, 0.05) is 16.4 Å². The Kier molecular flexibility index (Phi) is 4.38. The molecule has 2 nitrogen and oxygen atoms in total. The minimum absolute atomic E-state index is 0.138. The second-order valence-electron chi connectivity index (χ2n) is 3.66. The fraction of sp³-hybridized carbons (Fsp3) is 0.0769. The van der Waals surface area contributed by atoms with Crippen molar-refractivity contribution in [2.24, 2.45) is 0 Å². The van der Waals surface area contributed by atoms with Gasteiger partial charge in [-0.15, -0.1) is 0 Å². The predicted molar refractivity (Wildman–Crippen MR) is 76.4 cm³/mol. The van der Waals surface area contributed by atoms with E-state index >= 15 is 0 Å². The van der Waals surface area contributed by atoms with Gasteiger partial charge < -0.3 is 0 Å². The van der Waals surface area contributed by atoms with Crippen LogP contribution in [0.2, 0.25) is 10.0 Å². The van der Waals surface area contributed by atoms with Crippen LogP contribution in [0.15, 0.2) is 41.0 Å². The monoisotopic (exact) mass is 343 g/mol. The summed E-state index contributed by atoms with van der Waals surface area (Å²) in [5.41, 5.74) is 1.03. The van der Waals surface area contributed by atoms with E-state index in [9.17, 15) is 4.79 Å². The van der Waals surface area contributed by atoms with Crippen LogP contribution in [0.5, 0.6) is 0 Å². The average Bonchev–Trinajstić information content (AvgIpc) is 2.32. The summed E-state index contributed by atoms with van der Waals surface area (Å²) in [5, 5.41) is 0.731. The van der Waals surface area contributed by atoms with Gasteiger partial charge >= 0.3 is 0 Å². The number of pyridine rings is 1. The van der Waals surface area contributed by atoms with Gasteiger partial charge in [0.15, 0.2) is 5.78 Å². The number of halogens is 3. The third kappa shape index (κ3) is 3.10. The maximum absolute atomic E-state index is 12.1. The van der Waals surface area contributed by atoms with E-state index in [0.29, 0.717) is 21.3 Å². The minimum atomic E-state index is -0.138. The first kappa shape index (κ1) is 13.5. The molecule has 5 heteroatoms. The van der Waals surface area contributed by atoms with Crippen molar-refractivity contribution in [1.29, 1.82) is 0 Å². The molecule has 0 spiro atoms. The maximum Gasteiger partial charge on any atom is 0.171 e. The van der Waals surface area contributed by atoms with Crippen molar-refractivity contribution < 1.29 is 4.79 Å². The molecule has 92 valence electrons. The van der Waals surface area contributed by atoms with Crippen molar-refractivity contribution >= 4 is 44.9 Å². The smallest absolute Gasteiger partial charge is 0.171 e.